The van der Waals surface area contributed by atoms with Crippen LogP contribution in [0.3, 0.4) is 0 Å². The number of halogens is 1. The summed E-state index contributed by atoms with van der Waals surface area (Å²) in [6.07, 6.45) is 3.92. The molecule has 0 saturated carbocycles. The Morgan fingerprint density at radius 1 is 1.38 bits per heavy atom. The Balaban J connectivity index is 1.42. The monoisotopic (exact) mass is 349 g/mol. The molecule has 130 valence electrons. The van der Waals surface area contributed by atoms with Gasteiger partial charge in [-0.1, -0.05) is 11.6 Å². The Labute approximate surface area is 147 Å². The van der Waals surface area contributed by atoms with Crippen LogP contribution >= 0.6 is 11.6 Å². The van der Waals surface area contributed by atoms with Crippen LogP contribution in [0.15, 0.2) is 28.8 Å². The third kappa shape index (κ3) is 4.22. The molecular formula is C18H24ClN3O2. The number of hydrogen-bond acceptors (Lipinski definition) is 3. The molecule has 0 bridgehead atoms. The molecule has 5 nitrogen and oxygen atoms in total. The van der Waals surface area contributed by atoms with Gasteiger partial charge < -0.3 is 14.3 Å². The lowest BCUT2D eigenvalue weighted by molar-refractivity contribution is 0.0926. The van der Waals surface area contributed by atoms with Gasteiger partial charge in [0, 0.05) is 19.8 Å². The first-order valence-corrected chi connectivity index (χ1v) is 8.77. The summed E-state index contributed by atoms with van der Waals surface area (Å²) in [4.78, 5) is 14.6. The maximum absolute atomic E-state index is 12.2. The summed E-state index contributed by atoms with van der Waals surface area (Å²) in [7, 11) is 1.83. The van der Waals surface area contributed by atoms with E-state index in [0.717, 1.165) is 50.5 Å². The van der Waals surface area contributed by atoms with Crippen molar-refractivity contribution >= 4 is 17.5 Å². The van der Waals surface area contributed by atoms with Gasteiger partial charge in [-0.25, -0.2) is 0 Å². The molecule has 0 aliphatic carbocycles. The van der Waals surface area contributed by atoms with E-state index in [1.165, 1.54) is 0 Å². The van der Waals surface area contributed by atoms with Gasteiger partial charge in [-0.05, 0) is 57.0 Å². The first-order chi connectivity index (χ1) is 11.5. The third-order valence-corrected chi connectivity index (χ3v) is 4.84. The fourth-order valence-electron chi connectivity index (χ4n) is 3.22. The molecule has 2 aromatic heterocycles. The molecule has 1 fully saturated rings. The number of furan rings is 1. The highest BCUT2D eigenvalue weighted by molar-refractivity contribution is 6.31. The van der Waals surface area contributed by atoms with Gasteiger partial charge in [0.05, 0.1) is 11.6 Å². The molecule has 1 aliphatic rings. The molecule has 3 rings (SSSR count). The third-order valence-electron chi connectivity index (χ3n) is 4.64. The van der Waals surface area contributed by atoms with Crippen molar-refractivity contribution in [3.8, 4) is 0 Å². The Morgan fingerprint density at radius 2 is 2.12 bits per heavy atom. The number of rotatable bonds is 5. The van der Waals surface area contributed by atoms with Gasteiger partial charge in [-0.2, -0.15) is 0 Å². The van der Waals surface area contributed by atoms with Crippen LogP contribution in [0.25, 0.3) is 0 Å². The summed E-state index contributed by atoms with van der Waals surface area (Å²) in [5.74, 6) is 2.46. The van der Waals surface area contributed by atoms with E-state index in [4.69, 9.17) is 16.0 Å². The molecule has 3 heterocycles. The molecule has 0 radical (unpaired) electrons. The summed E-state index contributed by atoms with van der Waals surface area (Å²) in [5.41, 5.74) is 0.602. The number of amides is 1. The number of aromatic nitrogens is 1. The van der Waals surface area contributed by atoms with E-state index >= 15 is 0 Å². The van der Waals surface area contributed by atoms with E-state index in [1.54, 1.807) is 16.8 Å². The second-order valence-corrected chi connectivity index (χ2v) is 7.03. The topological polar surface area (TPSA) is 50.4 Å². The van der Waals surface area contributed by atoms with Crippen LogP contribution in [0, 0.1) is 12.8 Å². The number of carbonyl (C=O) groups excluding carboxylic acids is 1. The molecule has 0 aromatic carbocycles. The number of piperidine rings is 1. The highest BCUT2D eigenvalue weighted by Gasteiger charge is 2.21. The highest BCUT2D eigenvalue weighted by atomic mass is 35.5. The lowest BCUT2D eigenvalue weighted by Crippen LogP contribution is -2.38. The number of carbonyl (C=O) groups is 1. The summed E-state index contributed by atoms with van der Waals surface area (Å²) in [6, 6.07) is 5.75. The fraction of sp³-hybridized carbons (Fsp3) is 0.500. The van der Waals surface area contributed by atoms with Gasteiger partial charge in [0.15, 0.2) is 0 Å². The minimum absolute atomic E-state index is 0.0575. The second kappa shape index (κ2) is 7.45. The zero-order valence-corrected chi connectivity index (χ0v) is 15.0. The summed E-state index contributed by atoms with van der Waals surface area (Å²) < 4.78 is 7.40. The zero-order valence-electron chi connectivity index (χ0n) is 14.2. The lowest BCUT2D eigenvalue weighted by atomic mass is 9.96. The standard InChI is InChI=1S/C18H24ClN3O2/c1-13-3-4-16(24-13)12-22-7-5-14(6-8-22)10-20-18(23)17-9-15(19)11-21(17)2/h3-4,9,11,14H,5-8,10,12H2,1-2H3,(H,20,23). The minimum Gasteiger partial charge on any atom is -0.465 e. The second-order valence-electron chi connectivity index (χ2n) is 6.60. The summed E-state index contributed by atoms with van der Waals surface area (Å²) in [5, 5.41) is 3.62. The SMILES string of the molecule is Cc1ccc(CN2CCC(CNC(=O)c3cc(Cl)cn3C)CC2)o1. The van der Waals surface area contributed by atoms with Crippen LogP contribution in [0.2, 0.25) is 5.02 Å². The van der Waals surface area contributed by atoms with Crippen LogP contribution in [0.5, 0.6) is 0 Å². The number of likely N-dealkylation sites (tertiary alicyclic amines) is 1. The Kier molecular flexibility index (Phi) is 5.31. The van der Waals surface area contributed by atoms with Gasteiger partial charge >= 0.3 is 0 Å². The molecule has 24 heavy (non-hydrogen) atoms. The first-order valence-electron chi connectivity index (χ1n) is 8.39. The van der Waals surface area contributed by atoms with Crippen molar-refractivity contribution in [2.75, 3.05) is 19.6 Å². The van der Waals surface area contributed by atoms with Crippen LogP contribution in [-0.2, 0) is 13.6 Å². The number of aryl methyl sites for hydroxylation is 2. The summed E-state index contributed by atoms with van der Waals surface area (Å²) in [6.45, 7) is 5.63. The van der Waals surface area contributed by atoms with Gasteiger partial charge in [0.1, 0.15) is 17.2 Å². The molecule has 0 unspecified atom stereocenters. The molecule has 2 aromatic rings. The maximum Gasteiger partial charge on any atom is 0.267 e. The van der Waals surface area contributed by atoms with Gasteiger partial charge in [0.25, 0.3) is 5.91 Å². The van der Waals surface area contributed by atoms with Crippen molar-refractivity contribution in [1.82, 2.24) is 14.8 Å². The Bertz CT molecular complexity index is 699. The normalized spacial score (nSPS) is 16.5. The molecule has 6 heteroatoms. The van der Waals surface area contributed by atoms with E-state index < -0.39 is 0 Å². The van der Waals surface area contributed by atoms with E-state index in [9.17, 15) is 4.79 Å². The number of nitrogens with one attached hydrogen (secondary N) is 1. The molecular weight excluding hydrogens is 326 g/mol. The average molecular weight is 350 g/mol. The lowest BCUT2D eigenvalue weighted by Gasteiger charge is -2.31. The molecule has 1 N–H and O–H groups in total. The maximum atomic E-state index is 12.2. The van der Waals surface area contributed by atoms with Crippen LogP contribution in [0.1, 0.15) is 34.9 Å². The van der Waals surface area contributed by atoms with Crippen molar-refractivity contribution in [2.45, 2.75) is 26.3 Å². The fourth-order valence-corrected chi connectivity index (χ4v) is 3.47. The van der Waals surface area contributed by atoms with Crippen molar-refractivity contribution in [1.29, 1.82) is 0 Å². The summed E-state index contributed by atoms with van der Waals surface area (Å²) >= 11 is 5.93. The predicted octanol–water partition coefficient (Wildman–Crippen LogP) is 3.22. The van der Waals surface area contributed by atoms with Gasteiger partial charge in [-0.3, -0.25) is 9.69 Å². The average Bonchev–Trinajstić information content (AvgIpc) is 3.11. The smallest absolute Gasteiger partial charge is 0.267 e. The van der Waals surface area contributed by atoms with E-state index in [2.05, 4.69) is 10.2 Å². The quantitative estimate of drug-likeness (QED) is 0.901. The minimum atomic E-state index is -0.0575. The molecule has 0 atom stereocenters. The Morgan fingerprint density at radius 3 is 2.71 bits per heavy atom. The van der Waals surface area contributed by atoms with Gasteiger partial charge in [0.2, 0.25) is 0 Å². The molecule has 1 aliphatic heterocycles. The predicted molar refractivity (Wildman–Crippen MR) is 94.2 cm³/mol. The van der Waals surface area contributed by atoms with E-state index in [1.807, 2.05) is 26.1 Å². The first kappa shape index (κ1) is 17.1. The Hall–Kier alpha value is -1.72. The van der Waals surface area contributed by atoms with Crippen LogP contribution in [-0.4, -0.2) is 35.0 Å². The molecule has 1 amide bonds. The highest BCUT2D eigenvalue weighted by Crippen LogP contribution is 2.19. The molecule has 0 spiro atoms. The van der Waals surface area contributed by atoms with Crippen molar-refractivity contribution < 1.29 is 9.21 Å². The number of hydrogen-bond donors (Lipinski definition) is 1. The van der Waals surface area contributed by atoms with Crippen LogP contribution < -0.4 is 5.32 Å². The van der Waals surface area contributed by atoms with Crippen molar-refractivity contribution in [3.05, 3.63) is 46.6 Å². The largest absolute Gasteiger partial charge is 0.465 e. The van der Waals surface area contributed by atoms with Crippen LogP contribution in [0.4, 0.5) is 0 Å². The molecule has 1 saturated heterocycles. The zero-order chi connectivity index (χ0) is 17.1. The van der Waals surface area contributed by atoms with Crippen molar-refractivity contribution in [3.63, 3.8) is 0 Å². The van der Waals surface area contributed by atoms with E-state index in [0.29, 0.717) is 16.6 Å². The number of nitrogens with zero attached hydrogens (tertiary/aromatic N) is 2. The van der Waals surface area contributed by atoms with Crippen molar-refractivity contribution in [2.24, 2.45) is 13.0 Å². The van der Waals surface area contributed by atoms with Gasteiger partial charge in [-0.15, -0.1) is 0 Å². The van der Waals surface area contributed by atoms with E-state index in [-0.39, 0.29) is 5.91 Å².